The van der Waals surface area contributed by atoms with Crippen molar-refractivity contribution >= 4 is 35.0 Å². The summed E-state index contributed by atoms with van der Waals surface area (Å²) in [6.07, 6.45) is -2.73. The summed E-state index contributed by atoms with van der Waals surface area (Å²) in [4.78, 5) is 12.4. The van der Waals surface area contributed by atoms with Gasteiger partial charge in [-0.15, -0.1) is 0 Å². The zero-order valence-electron chi connectivity index (χ0n) is 14.4. The van der Waals surface area contributed by atoms with Gasteiger partial charge in [0.2, 0.25) is 4.99 Å². The molecule has 4 unspecified atom stereocenters. The van der Waals surface area contributed by atoms with Gasteiger partial charge < -0.3 is 20.1 Å². The predicted molar refractivity (Wildman–Crippen MR) is 105 cm³/mol. The topological polar surface area (TPSA) is 108 Å². The molecule has 4 rings (SSSR count). The molecule has 10 heteroatoms. The quantitative estimate of drug-likeness (QED) is 0.630. The molecule has 7 nitrogen and oxygen atoms in total. The number of thioether (sulfide) groups is 1. The molecular formula is C18H17Cl2N3O4S. The van der Waals surface area contributed by atoms with Crippen molar-refractivity contribution in [2.75, 3.05) is 6.61 Å². The Kier molecular flexibility index (Phi) is 5.63. The lowest BCUT2D eigenvalue weighted by Crippen LogP contribution is -2.44. The molecular weight excluding hydrogens is 425 g/mol. The van der Waals surface area contributed by atoms with Gasteiger partial charge in [-0.05, 0) is 24.3 Å². The predicted octanol–water partition coefficient (Wildman–Crippen LogP) is 0.710. The number of hydrogen-bond acceptors (Lipinski definition) is 8. The summed E-state index contributed by atoms with van der Waals surface area (Å²) < 4.78 is 5.76. The third-order valence-electron chi connectivity index (χ3n) is 4.65. The van der Waals surface area contributed by atoms with Gasteiger partial charge in [-0.2, -0.15) is 0 Å². The minimum absolute atomic E-state index is 0.339. The molecule has 2 aliphatic heterocycles. The van der Waals surface area contributed by atoms with Gasteiger partial charge in [0.25, 0.3) is 0 Å². The van der Waals surface area contributed by atoms with Crippen molar-refractivity contribution in [1.82, 2.24) is 4.98 Å². The lowest BCUT2D eigenvalue weighted by atomic mass is 10.1. The summed E-state index contributed by atoms with van der Waals surface area (Å²) in [5.74, 6) is 0.440. The van der Waals surface area contributed by atoms with Crippen LogP contribution in [0, 0.1) is 0 Å². The number of rotatable bonds is 5. The van der Waals surface area contributed by atoms with Crippen LogP contribution < -0.4 is 10.7 Å². The number of aromatic nitrogens is 1. The molecule has 1 aromatic heterocycles. The van der Waals surface area contributed by atoms with Gasteiger partial charge in [-0.25, -0.2) is 9.98 Å². The number of fused-ring (bicyclic) bond motifs is 1. The highest BCUT2D eigenvalue weighted by Gasteiger charge is 2.55. The maximum atomic E-state index is 10.6. The van der Waals surface area contributed by atoms with Gasteiger partial charge in [-0.3, -0.25) is 4.98 Å². The molecule has 1 aromatic carbocycles. The molecule has 0 spiro atoms. The lowest BCUT2D eigenvalue weighted by Gasteiger charge is -2.30. The van der Waals surface area contributed by atoms with Crippen molar-refractivity contribution in [2.24, 2.45) is 9.98 Å². The number of aliphatic hydroxyl groups excluding tert-OH is 3. The van der Waals surface area contributed by atoms with E-state index in [2.05, 4.69) is 15.0 Å². The van der Waals surface area contributed by atoms with Crippen LogP contribution in [-0.2, 0) is 10.5 Å². The van der Waals surface area contributed by atoms with Crippen LogP contribution >= 0.6 is 35.0 Å². The van der Waals surface area contributed by atoms with Crippen molar-refractivity contribution in [3.05, 3.63) is 63.0 Å². The highest BCUT2D eigenvalue weighted by molar-refractivity contribution is 7.99. The van der Waals surface area contributed by atoms with Crippen molar-refractivity contribution in [3.8, 4) is 0 Å². The lowest BCUT2D eigenvalue weighted by molar-refractivity contribution is -0.0331. The van der Waals surface area contributed by atoms with Gasteiger partial charge in [0.1, 0.15) is 24.4 Å². The molecule has 3 N–H and O–H groups in total. The van der Waals surface area contributed by atoms with Gasteiger partial charge >= 0.3 is 0 Å². The molecule has 2 aromatic rings. The molecule has 0 bridgehead atoms. The van der Waals surface area contributed by atoms with E-state index in [4.69, 9.17) is 27.9 Å². The monoisotopic (exact) mass is 441 g/mol. The van der Waals surface area contributed by atoms with E-state index >= 15 is 0 Å². The molecule has 0 aliphatic carbocycles. The van der Waals surface area contributed by atoms with Crippen LogP contribution in [0.25, 0.3) is 0 Å². The van der Waals surface area contributed by atoms with Gasteiger partial charge in [0, 0.05) is 11.9 Å². The van der Waals surface area contributed by atoms with E-state index in [1.165, 1.54) is 11.8 Å². The maximum Gasteiger partial charge on any atom is 0.227 e. The number of halogens is 2. The molecule has 2 aliphatic rings. The second-order valence-electron chi connectivity index (χ2n) is 6.51. The molecule has 0 amide bonds. The van der Waals surface area contributed by atoms with E-state index in [1.54, 1.807) is 18.3 Å². The van der Waals surface area contributed by atoms with Crippen LogP contribution in [0.1, 0.15) is 5.69 Å². The van der Waals surface area contributed by atoms with Crippen LogP contribution in [0.4, 0.5) is 0 Å². The maximum absolute atomic E-state index is 10.6. The summed E-state index contributed by atoms with van der Waals surface area (Å²) >= 11 is 13.5. The normalized spacial score (nSPS) is 27.9. The minimum atomic E-state index is -1.28. The number of ether oxygens (including phenoxy) is 1. The van der Waals surface area contributed by atoms with Crippen LogP contribution in [-0.4, -0.2) is 56.3 Å². The Labute approximate surface area is 174 Å². The van der Waals surface area contributed by atoms with E-state index in [0.717, 1.165) is 5.69 Å². The Morgan fingerprint density at radius 2 is 1.75 bits per heavy atom. The SMILES string of the molecule is OCC1OC(C2(SCc3ccccn3)N=c3cc(Cl)c(Cl)cc3=N2)C(O)C1O. The van der Waals surface area contributed by atoms with Crippen LogP contribution in [0.15, 0.2) is 46.5 Å². The average molecular weight is 442 g/mol. The van der Waals surface area contributed by atoms with Crippen LogP contribution in [0.2, 0.25) is 10.0 Å². The molecule has 0 radical (unpaired) electrons. The van der Waals surface area contributed by atoms with E-state index in [1.807, 2.05) is 18.2 Å². The zero-order chi connectivity index (χ0) is 19.9. The molecule has 0 saturated carbocycles. The largest absolute Gasteiger partial charge is 0.394 e. The summed E-state index contributed by atoms with van der Waals surface area (Å²) in [5, 5.41) is 31.9. The zero-order valence-corrected chi connectivity index (χ0v) is 16.8. The Morgan fingerprint density at radius 1 is 1.07 bits per heavy atom. The standard InChI is InChI=1S/C18H17Cl2N3O4S/c19-10-5-12-13(6-11(10)20)23-18(22-12,28-8-9-3-1-2-4-21-9)17-16(26)15(25)14(7-24)27-17/h1-6,14-17,24-26H,7-8H2. The van der Waals surface area contributed by atoms with Crippen molar-refractivity contribution in [1.29, 1.82) is 0 Å². The summed E-state index contributed by atoms with van der Waals surface area (Å²) in [6.45, 7) is -0.430. The average Bonchev–Trinajstić information content (AvgIpc) is 3.19. The Hall–Kier alpha value is -1.26. The van der Waals surface area contributed by atoms with Crippen molar-refractivity contribution in [3.63, 3.8) is 0 Å². The summed E-state index contributed by atoms with van der Waals surface area (Å²) in [6, 6.07) is 8.77. The number of pyridine rings is 1. The third kappa shape index (κ3) is 3.54. The van der Waals surface area contributed by atoms with E-state index < -0.39 is 36.0 Å². The number of hydrogen-bond donors (Lipinski definition) is 3. The van der Waals surface area contributed by atoms with Gasteiger partial charge in [0.15, 0.2) is 0 Å². The second-order valence-corrected chi connectivity index (χ2v) is 8.50. The molecule has 28 heavy (non-hydrogen) atoms. The van der Waals surface area contributed by atoms with Crippen molar-refractivity contribution in [2.45, 2.75) is 35.2 Å². The van der Waals surface area contributed by atoms with Crippen LogP contribution in [0.3, 0.4) is 0 Å². The fraction of sp³-hybridized carbons (Fsp3) is 0.389. The highest BCUT2D eigenvalue weighted by Crippen LogP contribution is 2.42. The Balaban J connectivity index is 1.75. The Morgan fingerprint density at radius 3 is 2.29 bits per heavy atom. The van der Waals surface area contributed by atoms with Crippen molar-refractivity contribution < 1.29 is 20.1 Å². The summed E-state index contributed by atoms with van der Waals surface area (Å²) in [7, 11) is 0. The highest BCUT2D eigenvalue weighted by atomic mass is 35.5. The van der Waals surface area contributed by atoms with Gasteiger partial charge in [0.05, 0.1) is 33.1 Å². The molecule has 3 heterocycles. The number of aliphatic hydroxyl groups is 3. The molecule has 148 valence electrons. The Bertz CT molecular complexity index is 953. The molecule has 1 fully saturated rings. The number of benzene rings is 1. The molecule has 4 atom stereocenters. The summed E-state index contributed by atoms with van der Waals surface area (Å²) in [5.41, 5.74) is 0.802. The fourth-order valence-corrected chi connectivity index (χ4v) is 4.76. The molecule has 1 saturated heterocycles. The van der Waals surface area contributed by atoms with Crippen LogP contribution in [0.5, 0.6) is 0 Å². The van der Waals surface area contributed by atoms with E-state index in [-0.39, 0.29) is 0 Å². The minimum Gasteiger partial charge on any atom is -0.394 e. The third-order valence-corrected chi connectivity index (χ3v) is 6.65. The van der Waals surface area contributed by atoms with E-state index in [0.29, 0.717) is 26.5 Å². The van der Waals surface area contributed by atoms with Gasteiger partial charge in [-0.1, -0.05) is 41.0 Å². The fourth-order valence-electron chi connectivity index (χ4n) is 3.22. The first-order valence-electron chi connectivity index (χ1n) is 8.54. The second kappa shape index (κ2) is 7.87. The first-order valence-corrected chi connectivity index (χ1v) is 10.3. The first kappa shape index (κ1) is 20.0. The smallest absolute Gasteiger partial charge is 0.227 e. The first-order chi connectivity index (χ1) is 13.4. The van der Waals surface area contributed by atoms with E-state index in [9.17, 15) is 15.3 Å². The number of nitrogens with zero attached hydrogens (tertiary/aromatic N) is 3.